The van der Waals surface area contributed by atoms with Crippen molar-refractivity contribution >= 4 is 54.4 Å². The first-order valence-electron chi connectivity index (χ1n) is 17.2. The van der Waals surface area contributed by atoms with E-state index in [1.165, 1.54) is 65.7 Å². The number of nitrogens with zero attached hydrogens (tertiary/aromatic N) is 3. The summed E-state index contributed by atoms with van der Waals surface area (Å²) in [5.41, 5.74) is 13.7. The molecule has 0 atom stereocenters. The van der Waals surface area contributed by atoms with E-state index in [0.717, 1.165) is 45.6 Å². The van der Waals surface area contributed by atoms with Crippen molar-refractivity contribution in [2.24, 2.45) is 0 Å². The number of para-hydroxylation sites is 3. The molecule has 2 heterocycles. The smallest absolute Gasteiger partial charge is 0.165 e. The van der Waals surface area contributed by atoms with Gasteiger partial charge in [-0.25, -0.2) is 9.97 Å². The Morgan fingerprint density at radius 3 is 1.98 bits per heavy atom. The summed E-state index contributed by atoms with van der Waals surface area (Å²) in [5.74, 6) is 0.846. The summed E-state index contributed by atoms with van der Waals surface area (Å²) in [6.45, 7) is 0. The van der Waals surface area contributed by atoms with Crippen LogP contribution in [0.3, 0.4) is 0 Å². The zero-order chi connectivity index (χ0) is 32.8. The molecule has 0 unspecified atom stereocenters. The van der Waals surface area contributed by atoms with Crippen LogP contribution in [-0.4, -0.2) is 14.5 Å². The first-order chi connectivity index (χ1) is 24.8. The molecule has 8 aromatic carbocycles. The van der Waals surface area contributed by atoms with Gasteiger partial charge in [0.15, 0.2) is 5.82 Å². The molecule has 0 aliphatic heterocycles. The highest BCUT2D eigenvalue weighted by molar-refractivity contribution is 6.27. The van der Waals surface area contributed by atoms with Gasteiger partial charge in [0.05, 0.1) is 22.1 Å². The molecule has 50 heavy (non-hydrogen) atoms. The summed E-state index contributed by atoms with van der Waals surface area (Å²) >= 11 is 0. The third kappa shape index (κ3) is 3.86. The Labute approximate surface area is 288 Å². The number of benzene rings is 8. The summed E-state index contributed by atoms with van der Waals surface area (Å²) in [6, 6.07) is 58.7. The molecule has 3 heteroatoms. The molecule has 1 aliphatic rings. The van der Waals surface area contributed by atoms with Gasteiger partial charge in [-0.2, -0.15) is 0 Å². The van der Waals surface area contributed by atoms with Crippen LogP contribution in [0.2, 0.25) is 0 Å². The van der Waals surface area contributed by atoms with Gasteiger partial charge in [0.25, 0.3) is 0 Å². The fraction of sp³-hybridized carbons (Fsp3) is 0.0213. The minimum absolute atomic E-state index is 0.846. The van der Waals surface area contributed by atoms with Gasteiger partial charge in [-0.15, -0.1) is 0 Å². The van der Waals surface area contributed by atoms with Gasteiger partial charge in [0.1, 0.15) is 5.69 Å². The summed E-state index contributed by atoms with van der Waals surface area (Å²) in [6.07, 6.45) is 0.851. The minimum Gasteiger partial charge on any atom is -0.292 e. The van der Waals surface area contributed by atoms with E-state index in [2.05, 4.69) is 162 Å². The molecule has 0 saturated carbocycles. The molecule has 0 fully saturated rings. The number of hydrogen-bond acceptors (Lipinski definition) is 2. The lowest BCUT2D eigenvalue weighted by Gasteiger charge is -2.17. The fourth-order valence-corrected chi connectivity index (χ4v) is 8.45. The van der Waals surface area contributed by atoms with Crippen molar-refractivity contribution in [2.45, 2.75) is 6.42 Å². The number of rotatable bonds is 3. The van der Waals surface area contributed by atoms with Crippen LogP contribution >= 0.6 is 0 Å². The predicted molar refractivity (Wildman–Crippen MR) is 208 cm³/mol. The highest BCUT2D eigenvalue weighted by Crippen LogP contribution is 2.51. The maximum atomic E-state index is 5.50. The van der Waals surface area contributed by atoms with Crippen LogP contribution in [0.1, 0.15) is 11.1 Å². The first-order valence-corrected chi connectivity index (χ1v) is 17.2. The van der Waals surface area contributed by atoms with Crippen molar-refractivity contribution in [2.75, 3.05) is 0 Å². The standard InChI is InChI=1S/C47H29N3/c1-2-13-29(14-3-1)31-16-12-17-32(27-31)45-47(49-41-23-10-9-22-40(41)48-45)50-42-24-11-8-21-37(42)44-35-20-7-6-19-34(35)43-36-26-25-30-15-4-5-18-33(30)38(36)28-39(43)46(44)50/h1-27H,28H2. The maximum absolute atomic E-state index is 5.50. The molecule has 0 N–H and O–H groups in total. The normalized spacial score (nSPS) is 12.3. The molecule has 1 aliphatic carbocycles. The third-order valence-corrected chi connectivity index (χ3v) is 10.6. The van der Waals surface area contributed by atoms with Gasteiger partial charge in [-0.05, 0) is 79.2 Å². The SMILES string of the molecule is c1ccc(-c2cccc(-c3nc4ccccc4nc3-n3c4ccccc4c4c5ccccc5c5c(c43)Cc3c-5ccc4ccccc34)c2)cc1. The molecule has 0 amide bonds. The number of aromatic nitrogens is 3. The zero-order valence-electron chi connectivity index (χ0n) is 27.1. The Bertz CT molecular complexity index is 3010. The van der Waals surface area contributed by atoms with Crippen LogP contribution < -0.4 is 0 Å². The summed E-state index contributed by atoms with van der Waals surface area (Å²) in [5, 5.41) is 7.66. The highest BCUT2D eigenvalue weighted by Gasteiger charge is 2.30. The van der Waals surface area contributed by atoms with E-state index in [9.17, 15) is 0 Å². The van der Waals surface area contributed by atoms with Crippen molar-refractivity contribution in [3.63, 3.8) is 0 Å². The molecule has 0 radical (unpaired) electrons. The van der Waals surface area contributed by atoms with E-state index in [1.54, 1.807) is 0 Å². The van der Waals surface area contributed by atoms with Gasteiger partial charge in [0.2, 0.25) is 0 Å². The summed E-state index contributed by atoms with van der Waals surface area (Å²) < 4.78 is 2.42. The van der Waals surface area contributed by atoms with Crippen LogP contribution in [0.5, 0.6) is 0 Å². The Balaban J connectivity index is 1.30. The van der Waals surface area contributed by atoms with Crippen molar-refractivity contribution in [1.82, 2.24) is 14.5 Å². The topological polar surface area (TPSA) is 30.7 Å². The maximum Gasteiger partial charge on any atom is 0.165 e. The molecule has 232 valence electrons. The van der Waals surface area contributed by atoms with E-state index >= 15 is 0 Å². The monoisotopic (exact) mass is 635 g/mol. The highest BCUT2D eigenvalue weighted by atomic mass is 15.1. The third-order valence-electron chi connectivity index (χ3n) is 10.6. The lowest BCUT2D eigenvalue weighted by molar-refractivity contribution is 1.07. The molecular weight excluding hydrogens is 607 g/mol. The first kappa shape index (κ1) is 27.4. The quantitative estimate of drug-likeness (QED) is 0.193. The molecule has 0 spiro atoms. The van der Waals surface area contributed by atoms with Crippen LogP contribution in [0.25, 0.3) is 93.7 Å². The molecule has 11 rings (SSSR count). The van der Waals surface area contributed by atoms with E-state index in [4.69, 9.17) is 9.97 Å². The molecule has 0 saturated heterocycles. The van der Waals surface area contributed by atoms with Gasteiger partial charge >= 0.3 is 0 Å². The molecule has 2 aromatic heterocycles. The second-order valence-electron chi connectivity index (χ2n) is 13.3. The van der Waals surface area contributed by atoms with Crippen LogP contribution in [0, 0.1) is 0 Å². The molecule has 0 bridgehead atoms. The van der Waals surface area contributed by atoms with E-state index < -0.39 is 0 Å². The van der Waals surface area contributed by atoms with E-state index in [-0.39, 0.29) is 0 Å². The predicted octanol–water partition coefficient (Wildman–Crippen LogP) is 11.9. The van der Waals surface area contributed by atoms with Gasteiger partial charge in [-0.1, -0.05) is 140 Å². The lowest BCUT2D eigenvalue weighted by Crippen LogP contribution is -2.05. The largest absolute Gasteiger partial charge is 0.292 e. The summed E-state index contributed by atoms with van der Waals surface area (Å²) in [4.78, 5) is 10.9. The molecular formula is C47H29N3. The number of fused-ring (bicyclic) bond motifs is 13. The number of hydrogen-bond donors (Lipinski definition) is 0. The zero-order valence-corrected chi connectivity index (χ0v) is 27.1. The van der Waals surface area contributed by atoms with Gasteiger partial charge in [-0.3, -0.25) is 4.57 Å². The fourth-order valence-electron chi connectivity index (χ4n) is 8.45. The Kier molecular flexibility index (Phi) is 5.73. The van der Waals surface area contributed by atoms with E-state index in [0.29, 0.717) is 0 Å². The van der Waals surface area contributed by atoms with Crippen molar-refractivity contribution < 1.29 is 0 Å². The Hall–Kier alpha value is -6.58. The van der Waals surface area contributed by atoms with Crippen molar-refractivity contribution in [1.29, 1.82) is 0 Å². The van der Waals surface area contributed by atoms with Crippen molar-refractivity contribution in [3.05, 3.63) is 175 Å². The minimum atomic E-state index is 0.846. The van der Waals surface area contributed by atoms with Crippen LogP contribution in [0.4, 0.5) is 0 Å². The van der Waals surface area contributed by atoms with Crippen LogP contribution in [-0.2, 0) is 6.42 Å². The van der Waals surface area contributed by atoms with Crippen molar-refractivity contribution in [3.8, 4) is 39.3 Å². The Morgan fingerprint density at radius 2 is 1.12 bits per heavy atom. The lowest BCUT2D eigenvalue weighted by atomic mass is 9.93. The average Bonchev–Trinajstić information content (AvgIpc) is 3.75. The van der Waals surface area contributed by atoms with E-state index in [1.807, 2.05) is 6.07 Å². The van der Waals surface area contributed by atoms with Gasteiger partial charge < -0.3 is 0 Å². The second kappa shape index (κ2) is 10.5. The molecule has 3 nitrogen and oxygen atoms in total. The molecule has 10 aromatic rings. The second-order valence-corrected chi connectivity index (χ2v) is 13.3. The summed E-state index contributed by atoms with van der Waals surface area (Å²) in [7, 11) is 0. The Morgan fingerprint density at radius 1 is 0.460 bits per heavy atom. The average molecular weight is 636 g/mol. The van der Waals surface area contributed by atoms with Crippen LogP contribution in [0.15, 0.2) is 164 Å². The van der Waals surface area contributed by atoms with Gasteiger partial charge in [0, 0.05) is 22.8 Å².